The number of nitrogens with zero attached hydrogens (tertiary/aromatic N) is 1. The smallest absolute Gasteiger partial charge is 0.326 e. The normalized spacial score (nSPS) is 16.6. The Hall–Kier alpha value is -3.71. The fourth-order valence-electron chi connectivity index (χ4n) is 4.38. The highest BCUT2D eigenvalue weighted by Crippen LogP contribution is 2.13. The maximum atomic E-state index is 13.4. The maximum Gasteiger partial charge on any atom is 0.326 e. The van der Waals surface area contributed by atoms with Crippen LogP contribution < -0.4 is 21.3 Å². The van der Waals surface area contributed by atoms with Gasteiger partial charge in [0.1, 0.15) is 24.2 Å². The number of carboxylic acid groups (broad SMARTS) is 2. The van der Waals surface area contributed by atoms with Crippen LogP contribution in [0.15, 0.2) is 0 Å². The molecule has 0 aromatic rings. The fourth-order valence-corrected chi connectivity index (χ4v) is 4.38. The summed E-state index contributed by atoms with van der Waals surface area (Å²) in [6.45, 7) is 11.4. The van der Waals surface area contributed by atoms with E-state index in [-0.39, 0.29) is 24.2 Å². The zero-order valence-electron chi connectivity index (χ0n) is 25.4. The molecule has 1 aliphatic heterocycles. The lowest BCUT2D eigenvalue weighted by atomic mass is 9.97. The van der Waals surface area contributed by atoms with Gasteiger partial charge in [-0.3, -0.25) is 28.8 Å². The maximum absolute atomic E-state index is 13.4. The second-order valence-electron chi connectivity index (χ2n) is 11.6. The van der Waals surface area contributed by atoms with Gasteiger partial charge in [0.05, 0.1) is 12.8 Å². The van der Waals surface area contributed by atoms with Crippen molar-refractivity contribution in [1.82, 2.24) is 26.2 Å². The number of aliphatic carboxylic acids is 2. The van der Waals surface area contributed by atoms with Crippen LogP contribution in [0.4, 0.5) is 0 Å². The summed E-state index contributed by atoms with van der Waals surface area (Å²) in [6, 6.07) is -5.52. The van der Waals surface area contributed by atoms with Gasteiger partial charge in [0.25, 0.3) is 0 Å². The van der Waals surface area contributed by atoms with Crippen molar-refractivity contribution in [3.05, 3.63) is 0 Å². The Labute approximate surface area is 246 Å². The Bertz CT molecular complexity index is 994. The second kappa shape index (κ2) is 17.3. The Morgan fingerprint density at radius 1 is 0.690 bits per heavy atom. The van der Waals surface area contributed by atoms with Gasteiger partial charge in [-0.25, -0.2) is 4.79 Å². The minimum absolute atomic E-state index is 0.0664. The standard InChI is InChI=1S/C28H47N5O9/c1-7-17(6)23(32-24(37)16(4)5)27(40)30-18(13-21(34)33-10-8-9-11-33)25(38)29-19(14-22(35)36)26(39)31-20(28(41)42)12-15(2)3/h15-20,23H,7-14H2,1-6H3,(H,29,38)(H,30,40)(H,31,39)(H,32,37)(H,35,36)(H,41,42)/t17?,18-,19-,20-,23-/m0/s1. The van der Waals surface area contributed by atoms with E-state index >= 15 is 0 Å². The number of carbonyl (C=O) groups excluding carboxylic acids is 5. The number of amides is 5. The van der Waals surface area contributed by atoms with E-state index in [2.05, 4.69) is 21.3 Å². The van der Waals surface area contributed by atoms with Gasteiger partial charge in [-0.1, -0.05) is 48.0 Å². The van der Waals surface area contributed by atoms with Crippen molar-refractivity contribution in [3.8, 4) is 0 Å². The molecule has 0 aromatic heterocycles. The van der Waals surface area contributed by atoms with E-state index in [1.165, 1.54) is 0 Å². The molecule has 0 aliphatic carbocycles. The van der Waals surface area contributed by atoms with E-state index < -0.39 is 78.5 Å². The lowest BCUT2D eigenvalue weighted by Crippen LogP contribution is -2.59. The van der Waals surface area contributed by atoms with E-state index in [0.29, 0.717) is 19.5 Å². The molecule has 1 heterocycles. The van der Waals surface area contributed by atoms with Crippen molar-refractivity contribution in [2.24, 2.45) is 17.8 Å². The summed E-state index contributed by atoms with van der Waals surface area (Å²) in [6.07, 6.45) is 0.823. The summed E-state index contributed by atoms with van der Waals surface area (Å²) in [5.41, 5.74) is 0. The molecule has 1 fully saturated rings. The van der Waals surface area contributed by atoms with Crippen LogP contribution in [0.3, 0.4) is 0 Å². The summed E-state index contributed by atoms with van der Waals surface area (Å²) in [4.78, 5) is 89.8. The Balaban J connectivity index is 3.26. The van der Waals surface area contributed by atoms with Crippen LogP contribution >= 0.6 is 0 Å². The molecule has 6 N–H and O–H groups in total. The monoisotopic (exact) mass is 597 g/mol. The molecule has 1 rings (SSSR count). The van der Waals surface area contributed by atoms with Crippen molar-refractivity contribution in [2.45, 2.75) is 104 Å². The summed E-state index contributed by atoms with van der Waals surface area (Å²) in [5.74, 6) is -7.14. The van der Waals surface area contributed by atoms with Crippen molar-refractivity contribution in [1.29, 1.82) is 0 Å². The van der Waals surface area contributed by atoms with Gasteiger partial charge in [0, 0.05) is 19.0 Å². The SMILES string of the molecule is CCC(C)[C@H](NC(=O)C(C)C)C(=O)N[C@@H](CC(=O)N1CCCC1)C(=O)N[C@@H](CC(=O)O)C(=O)N[C@@H](CC(C)C)C(=O)O. The van der Waals surface area contributed by atoms with E-state index in [0.717, 1.165) is 12.8 Å². The summed E-state index contributed by atoms with van der Waals surface area (Å²) < 4.78 is 0. The van der Waals surface area contributed by atoms with Gasteiger partial charge >= 0.3 is 11.9 Å². The van der Waals surface area contributed by atoms with Crippen molar-refractivity contribution in [2.75, 3.05) is 13.1 Å². The predicted octanol–water partition coefficient (Wildman–Crippen LogP) is 0.246. The summed E-state index contributed by atoms with van der Waals surface area (Å²) >= 11 is 0. The van der Waals surface area contributed by atoms with Gasteiger partial charge in [-0.15, -0.1) is 0 Å². The molecule has 5 atom stereocenters. The van der Waals surface area contributed by atoms with Crippen LogP contribution in [0.1, 0.15) is 80.1 Å². The number of hydrogen-bond acceptors (Lipinski definition) is 7. The molecule has 14 nitrogen and oxygen atoms in total. The third-order valence-corrected chi connectivity index (χ3v) is 7.12. The number of rotatable bonds is 17. The van der Waals surface area contributed by atoms with Crippen LogP contribution in [0.2, 0.25) is 0 Å². The fraction of sp³-hybridized carbons (Fsp3) is 0.750. The number of carboxylic acids is 2. The highest BCUT2D eigenvalue weighted by atomic mass is 16.4. The molecular formula is C28H47N5O9. The van der Waals surface area contributed by atoms with Gasteiger partial charge in [-0.05, 0) is 31.1 Å². The van der Waals surface area contributed by atoms with Gasteiger partial charge < -0.3 is 36.4 Å². The molecule has 0 aromatic carbocycles. The average Bonchev–Trinajstić information content (AvgIpc) is 3.44. The first kappa shape index (κ1) is 36.3. The van der Waals surface area contributed by atoms with Crippen LogP contribution in [0, 0.1) is 17.8 Å². The first-order valence-electron chi connectivity index (χ1n) is 14.5. The second-order valence-corrected chi connectivity index (χ2v) is 11.6. The van der Waals surface area contributed by atoms with Crippen LogP contribution in [-0.4, -0.2) is 93.8 Å². The van der Waals surface area contributed by atoms with Crippen molar-refractivity contribution >= 4 is 41.5 Å². The van der Waals surface area contributed by atoms with Crippen molar-refractivity contribution < 1.29 is 43.8 Å². The van der Waals surface area contributed by atoms with E-state index in [1.807, 2.05) is 6.92 Å². The van der Waals surface area contributed by atoms with Gasteiger partial charge in [-0.2, -0.15) is 0 Å². The zero-order chi connectivity index (χ0) is 32.1. The molecule has 1 saturated heterocycles. The van der Waals surface area contributed by atoms with E-state index in [4.69, 9.17) is 0 Å². The molecular weight excluding hydrogens is 550 g/mol. The molecule has 238 valence electrons. The quantitative estimate of drug-likeness (QED) is 0.135. The Morgan fingerprint density at radius 3 is 1.64 bits per heavy atom. The number of hydrogen-bond donors (Lipinski definition) is 6. The largest absolute Gasteiger partial charge is 0.481 e. The molecule has 0 saturated carbocycles. The van der Waals surface area contributed by atoms with E-state index in [1.54, 1.807) is 39.5 Å². The van der Waals surface area contributed by atoms with Crippen molar-refractivity contribution in [3.63, 3.8) is 0 Å². The minimum Gasteiger partial charge on any atom is -0.481 e. The predicted molar refractivity (Wildman–Crippen MR) is 152 cm³/mol. The highest BCUT2D eigenvalue weighted by Gasteiger charge is 2.35. The first-order valence-corrected chi connectivity index (χ1v) is 14.5. The third-order valence-electron chi connectivity index (χ3n) is 7.12. The number of likely N-dealkylation sites (tertiary alicyclic amines) is 1. The topological polar surface area (TPSA) is 211 Å². The molecule has 0 radical (unpaired) electrons. The molecule has 0 spiro atoms. The lowest BCUT2D eigenvalue weighted by molar-refractivity contribution is -0.144. The van der Waals surface area contributed by atoms with Gasteiger partial charge in [0.2, 0.25) is 29.5 Å². The molecule has 14 heteroatoms. The van der Waals surface area contributed by atoms with E-state index in [9.17, 15) is 43.8 Å². The van der Waals surface area contributed by atoms with Crippen LogP contribution in [0.25, 0.3) is 0 Å². The highest BCUT2D eigenvalue weighted by molar-refractivity contribution is 5.98. The molecule has 5 amide bonds. The van der Waals surface area contributed by atoms with Crippen LogP contribution in [0.5, 0.6) is 0 Å². The molecule has 0 bridgehead atoms. The first-order chi connectivity index (χ1) is 19.6. The number of nitrogens with one attached hydrogen (secondary N) is 4. The molecule has 1 aliphatic rings. The molecule has 1 unspecified atom stereocenters. The lowest BCUT2D eigenvalue weighted by Gasteiger charge is -2.28. The zero-order valence-corrected chi connectivity index (χ0v) is 25.4. The Morgan fingerprint density at radius 2 is 1.19 bits per heavy atom. The van der Waals surface area contributed by atoms with Crippen LogP contribution in [-0.2, 0) is 33.6 Å². The Kier molecular flexibility index (Phi) is 15.0. The number of carbonyl (C=O) groups is 7. The molecule has 42 heavy (non-hydrogen) atoms. The third kappa shape index (κ3) is 12.0. The minimum atomic E-state index is -1.68. The van der Waals surface area contributed by atoms with Gasteiger partial charge in [0.15, 0.2) is 0 Å². The summed E-state index contributed by atoms with van der Waals surface area (Å²) in [5, 5.41) is 28.6. The summed E-state index contributed by atoms with van der Waals surface area (Å²) in [7, 11) is 0. The average molecular weight is 598 g/mol.